The second-order valence-corrected chi connectivity index (χ2v) is 3.22. The molecule has 0 aromatic rings. The van der Waals surface area contributed by atoms with Crippen molar-refractivity contribution in [3.63, 3.8) is 0 Å². The van der Waals surface area contributed by atoms with Crippen LogP contribution in [0, 0.1) is 0 Å². The van der Waals surface area contributed by atoms with E-state index in [9.17, 15) is 20.1 Å². The fourth-order valence-electron chi connectivity index (χ4n) is 1.01. The Hall–Kier alpha value is -0.320. The van der Waals surface area contributed by atoms with Crippen molar-refractivity contribution in [2.24, 2.45) is 0 Å². The topological polar surface area (TPSA) is 142 Å². The molecule has 1 unspecified atom stereocenters. The molecule has 104 valence electrons. The molecule has 0 saturated carbocycles. The van der Waals surface area contributed by atoms with Gasteiger partial charge in [-0.1, -0.05) is 0 Å². The second-order valence-electron chi connectivity index (χ2n) is 3.22. The first-order chi connectivity index (χ1) is 7.36. The van der Waals surface area contributed by atoms with Crippen molar-refractivity contribution in [3.05, 3.63) is 0 Å². The van der Waals surface area contributed by atoms with Crippen LogP contribution in [0.25, 0.3) is 0 Å². The first-order valence-corrected chi connectivity index (χ1v) is 4.68. The fraction of sp³-hybridized carbons (Fsp3) is 0.875. The summed E-state index contributed by atoms with van der Waals surface area (Å²) in [6.07, 6.45) is -7.83. The second kappa shape index (κ2) is 8.72. The molecule has 0 fully saturated rings. The van der Waals surface area contributed by atoms with Crippen molar-refractivity contribution >= 4 is 18.2 Å². The van der Waals surface area contributed by atoms with Crippen molar-refractivity contribution in [2.75, 3.05) is 13.2 Å². The smallest absolute Gasteiger partial charge is 0.189 e. The standard InChI is InChI=1S/C8H17NO7.ClH/c1-2-9(16)8(15)7(14)6(13)5(12)4(11)3-10;/h5-8,10,12-16H,2-3H2,1H3;1H/t5-,6+,7-,8?;/m1./s1. The Balaban J connectivity index is 0. The summed E-state index contributed by atoms with van der Waals surface area (Å²) < 4.78 is 0. The van der Waals surface area contributed by atoms with Crippen molar-refractivity contribution in [3.8, 4) is 0 Å². The first kappa shape index (κ1) is 19.0. The molecule has 0 aliphatic heterocycles. The minimum Gasteiger partial charge on any atom is -0.388 e. The van der Waals surface area contributed by atoms with Gasteiger partial charge in [0.25, 0.3) is 0 Å². The highest BCUT2D eigenvalue weighted by molar-refractivity contribution is 5.85. The van der Waals surface area contributed by atoms with Crippen LogP contribution in [0.1, 0.15) is 6.92 Å². The van der Waals surface area contributed by atoms with E-state index in [-0.39, 0.29) is 19.0 Å². The maximum absolute atomic E-state index is 10.8. The van der Waals surface area contributed by atoms with Gasteiger partial charge in [0.05, 0.1) is 0 Å². The summed E-state index contributed by atoms with van der Waals surface area (Å²) in [7, 11) is 0. The molecule has 0 spiro atoms. The molecular weight excluding hydrogens is 258 g/mol. The average Bonchev–Trinajstić information content (AvgIpc) is 2.32. The van der Waals surface area contributed by atoms with Crippen molar-refractivity contribution in [1.29, 1.82) is 0 Å². The minimum absolute atomic E-state index is 0. The minimum atomic E-state index is -2.03. The number of Topliss-reactive ketones (excluding diaryl/α,β-unsaturated/α-hetero) is 1. The first-order valence-electron chi connectivity index (χ1n) is 4.68. The van der Waals surface area contributed by atoms with Gasteiger partial charge in [-0.15, -0.1) is 12.4 Å². The Morgan fingerprint density at radius 2 is 1.65 bits per heavy atom. The molecule has 0 radical (unpaired) electrons. The molecule has 0 aromatic heterocycles. The molecule has 0 amide bonds. The van der Waals surface area contributed by atoms with Crippen LogP contribution in [-0.4, -0.2) is 79.3 Å². The fourth-order valence-corrected chi connectivity index (χ4v) is 1.01. The maximum atomic E-state index is 10.8. The number of hydrogen-bond donors (Lipinski definition) is 6. The van der Waals surface area contributed by atoms with Gasteiger partial charge < -0.3 is 30.7 Å². The van der Waals surface area contributed by atoms with E-state index in [0.29, 0.717) is 5.06 Å². The predicted molar refractivity (Wildman–Crippen MR) is 57.5 cm³/mol. The van der Waals surface area contributed by atoms with E-state index in [1.807, 2.05) is 0 Å². The number of carbonyl (C=O) groups excluding carboxylic acids is 1. The Bertz CT molecular complexity index is 230. The van der Waals surface area contributed by atoms with Gasteiger partial charge in [-0.05, 0) is 6.92 Å². The van der Waals surface area contributed by atoms with Gasteiger partial charge >= 0.3 is 0 Å². The number of likely N-dealkylation sites (N-methyl/N-ethyl adjacent to an activating group) is 1. The molecule has 0 aliphatic rings. The van der Waals surface area contributed by atoms with Crippen molar-refractivity contribution in [2.45, 2.75) is 31.5 Å². The Morgan fingerprint density at radius 3 is 2.00 bits per heavy atom. The van der Waals surface area contributed by atoms with Gasteiger partial charge in [0.15, 0.2) is 12.0 Å². The normalized spacial score (nSPS) is 18.1. The zero-order chi connectivity index (χ0) is 12.9. The summed E-state index contributed by atoms with van der Waals surface area (Å²) >= 11 is 0. The molecule has 0 saturated heterocycles. The molecule has 0 heterocycles. The maximum Gasteiger partial charge on any atom is 0.189 e. The van der Waals surface area contributed by atoms with E-state index in [2.05, 4.69) is 0 Å². The van der Waals surface area contributed by atoms with E-state index in [0.717, 1.165) is 0 Å². The SMILES string of the molecule is CCN(O)C(O)[C@H](O)[C@@H](O)[C@H](O)C(=O)CO.Cl. The molecule has 9 heteroatoms. The largest absolute Gasteiger partial charge is 0.388 e. The summed E-state index contributed by atoms with van der Waals surface area (Å²) in [5.74, 6) is -1.10. The van der Waals surface area contributed by atoms with Crippen molar-refractivity contribution in [1.82, 2.24) is 5.06 Å². The number of rotatable bonds is 7. The summed E-state index contributed by atoms with van der Waals surface area (Å²) in [4.78, 5) is 10.8. The zero-order valence-corrected chi connectivity index (χ0v) is 9.99. The summed E-state index contributed by atoms with van der Waals surface area (Å²) in [6.45, 7) is 0.435. The van der Waals surface area contributed by atoms with Crippen LogP contribution in [-0.2, 0) is 4.79 Å². The van der Waals surface area contributed by atoms with Crippen molar-refractivity contribution < 1.29 is 35.5 Å². The van der Waals surface area contributed by atoms with Gasteiger partial charge in [-0.25, -0.2) is 0 Å². The molecular formula is C8H18ClNO7. The van der Waals surface area contributed by atoms with Gasteiger partial charge in [0.2, 0.25) is 0 Å². The Labute approximate surface area is 104 Å². The number of aliphatic hydroxyl groups is 5. The van der Waals surface area contributed by atoms with Crippen LogP contribution >= 0.6 is 12.4 Å². The van der Waals surface area contributed by atoms with Gasteiger partial charge in [-0.2, -0.15) is 5.06 Å². The summed E-state index contributed by atoms with van der Waals surface area (Å²) in [6, 6.07) is 0. The van der Waals surface area contributed by atoms with Gasteiger partial charge in [-0.3, -0.25) is 4.79 Å². The quantitative estimate of drug-likeness (QED) is 0.214. The summed E-state index contributed by atoms with van der Waals surface area (Å²) in [5.41, 5.74) is 0. The lowest BCUT2D eigenvalue weighted by Gasteiger charge is -2.29. The van der Waals surface area contributed by atoms with E-state index < -0.39 is 36.9 Å². The van der Waals surface area contributed by atoms with Crippen LogP contribution in [0.3, 0.4) is 0 Å². The Morgan fingerprint density at radius 1 is 1.18 bits per heavy atom. The lowest BCUT2D eigenvalue weighted by Crippen LogP contribution is -2.53. The lowest BCUT2D eigenvalue weighted by atomic mass is 10.0. The van der Waals surface area contributed by atoms with E-state index in [1.54, 1.807) is 0 Å². The van der Waals surface area contributed by atoms with Gasteiger partial charge in [0, 0.05) is 6.54 Å². The zero-order valence-electron chi connectivity index (χ0n) is 9.17. The molecule has 17 heavy (non-hydrogen) atoms. The van der Waals surface area contributed by atoms with Crippen LogP contribution in [0.5, 0.6) is 0 Å². The van der Waals surface area contributed by atoms with Crippen LogP contribution < -0.4 is 0 Å². The number of carbonyl (C=O) groups is 1. The third kappa shape index (κ3) is 5.23. The number of ketones is 1. The number of hydrogen-bond acceptors (Lipinski definition) is 8. The lowest BCUT2D eigenvalue weighted by molar-refractivity contribution is -0.244. The highest BCUT2D eigenvalue weighted by Gasteiger charge is 2.35. The average molecular weight is 276 g/mol. The van der Waals surface area contributed by atoms with Crippen LogP contribution in [0.2, 0.25) is 0 Å². The number of aliphatic hydroxyl groups excluding tert-OH is 5. The third-order valence-corrected chi connectivity index (χ3v) is 2.09. The molecule has 8 nitrogen and oxygen atoms in total. The number of hydroxylamine groups is 2. The highest BCUT2D eigenvalue weighted by atomic mass is 35.5. The third-order valence-electron chi connectivity index (χ3n) is 2.09. The Kier molecular flexibility index (Phi) is 9.77. The van der Waals surface area contributed by atoms with Crippen LogP contribution in [0.4, 0.5) is 0 Å². The molecule has 0 aromatic carbocycles. The molecule has 6 N–H and O–H groups in total. The van der Waals surface area contributed by atoms with E-state index in [4.69, 9.17) is 15.4 Å². The molecule has 4 atom stereocenters. The monoisotopic (exact) mass is 275 g/mol. The van der Waals surface area contributed by atoms with E-state index in [1.165, 1.54) is 6.92 Å². The summed E-state index contributed by atoms with van der Waals surface area (Å²) in [5, 5.41) is 54.7. The predicted octanol–water partition coefficient (Wildman–Crippen LogP) is -2.92. The molecule has 0 bridgehead atoms. The van der Waals surface area contributed by atoms with Gasteiger partial charge in [0.1, 0.15) is 24.9 Å². The number of nitrogens with zero attached hydrogens (tertiary/aromatic N) is 1. The van der Waals surface area contributed by atoms with E-state index >= 15 is 0 Å². The molecule has 0 rings (SSSR count). The van der Waals surface area contributed by atoms with Crippen LogP contribution in [0.15, 0.2) is 0 Å². The highest BCUT2D eigenvalue weighted by Crippen LogP contribution is 2.08. The molecule has 0 aliphatic carbocycles. The number of halogens is 1.